The van der Waals surface area contributed by atoms with Crippen LogP contribution in [-0.2, 0) is 4.74 Å². The van der Waals surface area contributed by atoms with Crippen LogP contribution < -0.4 is 11.2 Å². The van der Waals surface area contributed by atoms with Gasteiger partial charge in [-0.3, -0.25) is 14.3 Å². The van der Waals surface area contributed by atoms with Gasteiger partial charge >= 0.3 is 5.69 Å². The second-order valence-corrected chi connectivity index (χ2v) is 4.09. The topological polar surface area (TPSA) is 105 Å². The smallest absolute Gasteiger partial charge is 0.330 e. The lowest BCUT2D eigenvalue weighted by Gasteiger charge is -2.14. The quantitative estimate of drug-likeness (QED) is 0.584. The van der Waals surface area contributed by atoms with Crippen molar-refractivity contribution in [2.75, 3.05) is 6.61 Å². The highest BCUT2D eigenvalue weighted by Crippen LogP contribution is 2.27. The molecule has 0 unspecified atom stereocenters. The van der Waals surface area contributed by atoms with Crippen LogP contribution in [0, 0.1) is 6.92 Å². The van der Waals surface area contributed by atoms with Crippen LogP contribution in [0.3, 0.4) is 0 Å². The number of aromatic nitrogens is 2. The maximum Gasteiger partial charge on any atom is 0.330 e. The number of aliphatic hydroxyl groups excluding tert-OH is 2. The van der Waals surface area contributed by atoms with Crippen molar-refractivity contribution >= 4 is 0 Å². The standard InChI is InChI=1S/C10H14N2O5/c1-5-3-12(10(16)11-9(5)15)8-2-6(14)7(4-13)17-8/h3,6-8,13-14H,2,4H2,1H3,(H,11,15,16)/t6-,7-,8+/m0/s1. The molecule has 17 heavy (non-hydrogen) atoms. The highest BCUT2D eigenvalue weighted by molar-refractivity contribution is 5.02. The summed E-state index contributed by atoms with van der Waals surface area (Å²) in [5.41, 5.74) is -0.643. The van der Waals surface area contributed by atoms with Crippen LogP contribution in [0.25, 0.3) is 0 Å². The summed E-state index contributed by atoms with van der Waals surface area (Å²) in [6, 6.07) is 0. The van der Waals surface area contributed by atoms with E-state index in [-0.39, 0.29) is 13.0 Å². The number of aryl methyl sites for hydroxylation is 1. The minimum absolute atomic E-state index is 0.205. The third-order valence-corrected chi connectivity index (χ3v) is 2.84. The SMILES string of the molecule is Cc1cn([C@H]2C[C@H](O)[C@H](CO)O2)c(=O)[nH]c1=O. The molecule has 0 saturated carbocycles. The highest BCUT2D eigenvalue weighted by Gasteiger charge is 2.34. The molecule has 1 aliphatic heterocycles. The highest BCUT2D eigenvalue weighted by atomic mass is 16.5. The van der Waals surface area contributed by atoms with Crippen molar-refractivity contribution in [3.63, 3.8) is 0 Å². The first-order chi connectivity index (χ1) is 8.02. The zero-order valence-electron chi connectivity index (χ0n) is 9.29. The summed E-state index contributed by atoms with van der Waals surface area (Å²) in [5.74, 6) is 0. The van der Waals surface area contributed by atoms with Gasteiger partial charge in [-0.15, -0.1) is 0 Å². The van der Waals surface area contributed by atoms with Gasteiger partial charge in [-0.25, -0.2) is 4.79 Å². The van der Waals surface area contributed by atoms with E-state index in [1.54, 1.807) is 6.92 Å². The van der Waals surface area contributed by atoms with Gasteiger partial charge in [0.15, 0.2) is 0 Å². The summed E-state index contributed by atoms with van der Waals surface area (Å²) >= 11 is 0. The molecular weight excluding hydrogens is 228 g/mol. The van der Waals surface area contributed by atoms with Crippen LogP contribution in [0.4, 0.5) is 0 Å². The van der Waals surface area contributed by atoms with Gasteiger partial charge in [0.2, 0.25) is 0 Å². The van der Waals surface area contributed by atoms with Gasteiger partial charge in [-0.2, -0.15) is 0 Å². The molecule has 0 amide bonds. The molecular formula is C10H14N2O5. The van der Waals surface area contributed by atoms with Crippen molar-refractivity contribution in [1.82, 2.24) is 9.55 Å². The van der Waals surface area contributed by atoms with Gasteiger partial charge in [0.05, 0.1) is 12.7 Å². The maximum atomic E-state index is 11.6. The average molecular weight is 242 g/mol. The number of aliphatic hydroxyl groups is 2. The Morgan fingerprint density at radius 1 is 1.59 bits per heavy atom. The number of hydrogen-bond acceptors (Lipinski definition) is 5. The molecule has 1 saturated heterocycles. The zero-order chi connectivity index (χ0) is 12.6. The third kappa shape index (κ3) is 2.17. The van der Waals surface area contributed by atoms with Gasteiger partial charge in [-0.1, -0.05) is 0 Å². The predicted octanol–water partition coefficient (Wildman–Crippen LogP) is -1.51. The normalized spacial score (nSPS) is 28.5. The van der Waals surface area contributed by atoms with Crippen LogP contribution in [0.5, 0.6) is 0 Å². The number of rotatable bonds is 2. The lowest BCUT2D eigenvalue weighted by molar-refractivity contribution is -0.0459. The number of nitrogens with zero attached hydrogens (tertiary/aromatic N) is 1. The van der Waals surface area contributed by atoms with Crippen molar-refractivity contribution in [3.05, 3.63) is 32.6 Å². The second-order valence-electron chi connectivity index (χ2n) is 4.09. The molecule has 0 aromatic carbocycles. The first kappa shape index (κ1) is 12.0. The number of hydrogen-bond donors (Lipinski definition) is 3. The van der Waals surface area contributed by atoms with E-state index in [9.17, 15) is 14.7 Å². The molecule has 1 aliphatic rings. The minimum Gasteiger partial charge on any atom is -0.394 e. The molecule has 2 heterocycles. The van der Waals surface area contributed by atoms with E-state index in [0.29, 0.717) is 5.56 Å². The van der Waals surface area contributed by atoms with Crippen molar-refractivity contribution < 1.29 is 14.9 Å². The average Bonchev–Trinajstić information content (AvgIpc) is 2.65. The summed E-state index contributed by atoms with van der Waals surface area (Å²) in [6.07, 6.45) is -0.581. The Balaban J connectivity index is 2.34. The molecule has 2 rings (SSSR count). The van der Waals surface area contributed by atoms with E-state index in [4.69, 9.17) is 9.84 Å². The number of aromatic amines is 1. The van der Waals surface area contributed by atoms with Crippen LogP contribution in [0.2, 0.25) is 0 Å². The summed E-state index contributed by atoms with van der Waals surface area (Å²) < 4.78 is 6.54. The van der Waals surface area contributed by atoms with Crippen LogP contribution in [-0.4, -0.2) is 38.6 Å². The minimum atomic E-state index is -0.816. The molecule has 1 aromatic rings. The van der Waals surface area contributed by atoms with Crippen molar-refractivity contribution in [2.45, 2.75) is 31.8 Å². The number of ether oxygens (including phenoxy) is 1. The Morgan fingerprint density at radius 2 is 2.29 bits per heavy atom. The van der Waals surface area contributed by atoms with Gasteiger partial charge in [0.25, 0.3) is 5.56 Å². The largest absolute Gasteiger partial charge is 0.394 e. The number of H-pyrrole nitrogens is 1. The fourth-order valence-electron chi connectivity index (χ4n) is 1.85. The Labute approximate surface area is 96.3 Å². The first-order valence-electron chi connectivity index (χ1n) is 5.29. The second kappa shape index (κ2) is 4.44. The molecule has 7 heteroatoms. The van der Waals surface area contributed by atoms with E-state index in [1.165, 1.54) is 10.8 Å². The van der Waals surface area contributed by atoms with Crippen LogP contribution in [0.15, 0.2) is 15.8 Å². The molecule has 1 aromatic heterocycles. The fraction of sp³-hybridized carbons (Fsp3) is 0.600. The molecule has 94 valence electrons. The molecule has 3 atom stereocenters. The van der Waals surface area contributed by atoms with Crippen molar-refractivity contribution in [2.24, 2.45) is 0 Å². The van der Waals surface area contributed by atoms with Crippen LogP contribution >= 0.6 is 0 Å². The Morgan fingerprint density at radius 3 is 2.88 bits per heavy atom. The maximum absolute atomic E-state index is 11.6. The van der Waals surface area contributed by atoms with Crippen molar-refractivity contribution in [3.8, 4) is 0 Å². The summed E-state index contributed by atoms with van der Waals surface area (Å²) in [5, 5.41) is 18.5. The number of nitrogens with one attached hydrogen (secondary N) is 1. The monoisotopic (exact) mass is 242 g/mol. The molecule has 7 nitrogen and oxygen atoms in total. The van der Waals surface area contributed by atoms with E-state index in [2.05, 4.69) is 4.98 Å². The predicted molar refractivity (Wildman–Crippen MR) is 57.7 cm³/mol. The van der Waals surface area contributed by atoms with Crippen molar-refractivity contribution in [1.29, 1.82) is 0 Å². The molecule has 0 aliphatic carbocycles. The van der Waals surface area contributed by atoms with E-state index in [0.717, 1.165) is 0 Å². The first-order valence-corrected chi connectivity index (χ1v) is 5.29. The fourth-order valence-corrected chi connectivity index (χ4v) is 1.85. The molecule has 0 spiro atoms. The van der Waals surface area contributed by atoms with E-state index in [1.807, 2.05) is 0 Å². The molecule has 0 bridgehead atoms. The summed E-state index contributed by atoms with van der Waals surface area (Å²) in [4.78, 5) is 24.9. The Hall–Kier alpha value is -1.44. The molecule has 1 fully saturated rings. The van der Waals surface area contributed by atoms with E-state index < -0.39 is 29.7 Å². The van der Waals surface area contributed by atoms with Gasteiger partial charge in [-0.05, 0) is 6.92 Å². The third-order valence-electron chi connectivity index (χ3n) is 2.84. The van der Waals surface area contributed by atoms with Gasteiger partial charge in [0.1, 0.15) is 12.3 Å². The zero-order valence-corrected chi connectivity index (χ0v) is 9.29. The Kier molecular flexibility index (Phi) is 3.14. The van der Waals surface area contributed by atoms with Crippen LogP contribution in [0.1, 0.15) is 18.2 Å². The lowest BCUT2D eigenvalue weighted by atomic mass is 10.2. The summed E-state index contributed by atoms with van der Waals surface area (Å²) in [6.45, 7) is 1.26. The lowest BCUT2D eigenvalue weighted by Crippen LogP contribution is -2.33. The van der Waals surface area contributed by atoms with Gasteiger partial charge in [0, 0.05) is 18.2 Å². The Bertz CT molecular complexity index is 520. The summed E-state index contributed by atoms with van der Waals surface area (Å²) in [7, 11) is 0. The molecule has 0 radical (unpaired) electrons. The van der Waals surface area contributed by atoms with E-state index >= 15 is 0 Å². The molecule has 3 N–H and O–H groups in total. The van der Waals surface area contributed by atoms with Gasteiger partial charge < -0.3 is 14.9 Å².